The Labute approximate surface area is 213 Å². The number of hydrogen-bond donors (Lipinski definition) is 2. The summed E-state index contributed by atoms with van der Waals surface area (Å²) in [6.45, 7) is 2.22. The number of fused-ring (bicyclic) bond motifs is 1. The molecular weight excluding hydrogens is 476 g/mol. The van der Waals surface area contributed by atoms with E-state index in [0.29, 0.717) is 5.02 Å². The quantitative estimate of drug-likeness (QED) is 0.278. The van der Waals surface area contributed by atoms with Crippen molar-refractivity contribution in [2.24, 2.45) is 0 Å². The Morgan fingerprint density at radius 3 is 2.47 bits per heavy atom. The van der Waals surface area contributed by atoms with Crippen molar-refractivity contribution in [3.63, 3.8) is 0 Å². The number of nitrogens with one attached hydrogen (secondary N) is 2. The van der Waals surface area contributed by atoms with Crippen LogP contribution in [0.1, 0.15) is 16.7 Å². The van der Waals surface area contributed by atoms with Gasteiger partial charge in [-0.3, -0.25) is 14.5 Å². The monoisotopic (exact) mass is 498 g/mol. The van der Waals surface area contributed by atoms with Gasteiger partial charge < -0.3 is 15.2 Å². The van der Waals surface area contributed by atoms with Gasteiger partial charge in [0.1, 0.15) is 12.2 Å². The zero-order valence-electron chi connectivity index (χ0n) is 19.5. The lowest BCUT2D eigenvalue weighted by molar-refractivity contribution is -0.123. The number of halogens is 1. The summed E-state index contributed by atoms with van der Waals surface area (Å²) < 4.78 is 1.83. The topological polar surface area (TPSA) is 83.4 Å². The molecule has 0 unspecified atom stereocenters. The molecule has 1 aliphatic rings. The summed E-state index contributed by atoms with van der Waals surface area (Å²) in [5.41, 5.74) is 4.39. The lowest BCUT2D eigenvalue weighted by Gasteiger charge is -2.11. The van der Waals surface area contributed by atoms with E-state index in [1.165, 1.54) is 0 Å². The van der Waals surface area contributed by atoms with Crippen LogP contribution in [0, 0.1) is 6.92 Å². The van der Waals surface area contributed by atoms with E-state index < -0.39 is 11.9 Å². The fourth-order valence-corrected chi connectivity index (χ4v) is 4.28. The predicted molar refractivity (Wildman–Crippen MR) is 140 cm³/mol. The maximum absolute atomic E-state index is 13.0. The summed E-state index contributed by atoms with van der Waals surface area (Å²) in [4.78, 5) is 39.4. The van der Waals surface area contributed by atoms with Gasteiger partial charge in [-0.1, -0.05) is 59.6 Å². The van der Waals surface area contributed by atoms with Gasteiger partial charge in [0.15, 0.2) is 0 Å². The molecule has 0 saturated carbocycles. The fourth-order valence-electron chi connectivity index (χ4n) is 4.16. The van der Waals surface area contributed by atoms with Crippen LogP contribution in [0.2, 0.25) is 5.02 Å². The number of carbonyl (C=O) groups excluding carboxylic acids is 3. The van der Waals surface area contributed by atoms with E-state index in [1.54, 1.807) is 30.3 Å². The molecule has 0 atom stereocenters. The molecule has 3 aromatic carbocycles. The second kappa shape index (κ2) is 9.71. The van der Waals surface area contributed by atoms with Crippen molar-refractivity contribution < 1.29 is 14.4 Å². The number of amides is 4. The molecule has 4 amide bonds. The minimum atomic E-state index is -0.484. The molecule has 1 aromatic heterocycles. The van der Waals surface area contributed by atoms with Crippen LogP contribution in [-0.2, 0) is 22.7 Å². The molecule has 7 nitrogen and oxygen atoms in total. The summed E-state index contributed by atoms with van der Waals surface area (Å²) in [7, 11) is 0. The van der Waals surface area contributed by atoms with E-state index in [4.69, 9.17) is 11.6 Å². The lowest BCUT2D eigenvalue weighted by Crippen LogP contribution is -2.30. The van der Waals surface area contributed by atoms with E-state index >= 15 is 0 Å². The molecule has 1 fully saturated rings. The van der Waals surface area contributed by atoms with Gasteiger partial charge in [-0.05, 0) is 48.9 Å². The molecule has 2 heterocycles. The van der Waals surface area contributed by atoms with Gasteiger partial charge in [0.25, 0.3) is 5.91 Å². The highest BCUT2D eigenvalue weighted by Gasteiger charge is 2.33. The maximum Gasteiger partial charge on any atom is 0.329 e. The van der Waals surface area contributed by atoms with Crippen LogP contribution in [0.15, 0.2) is 84.7 Å². The highest BCUT2D eigenvalue weighted by molar-refractivity contribution is 6.30. The van der Waals surface area contributed by atoms with Crippen LogP contribution in [-0.4, -0.2) is 27.3 Å². The van der Waals surface area contributed by atoms with E-state index in [9.17, 15) is 14.4 Å². The number of urea groups is 1. The van der Waals surface area contributed by atoms with Gasteiger partial charge in [-0.2, -0.15) is 0 Å². The van der Waals surface area contributed by atoms with E-state index in [2.05, 4.69) is 10.6 Å². The van der Waals surface area contributed by atoms with Crippen LogP contribution in [0.25, 0.3) is 17.0 Å². The smallest absolute Gasteiger partial charge is 0.329 e. The second-order valence-corrected chi connectivity index (χ2v) is 9.09. The number of aryl methyl sites for hydroxylation is 1. The summed E-state index contributed by atoms with van der Waals surface area (Å²) in [5, 5.41) is 7.03. The molecule has 0 radical (unpaired) electrons. The Bertz CT molecular complexity index is 1500. The minimum absolute atomic E-state index is 0.0978. The molecule has 2 N–H and O–H groups in total. The average molecular weight is 499 g/mol. The van der Waals surface area contributed by atoms with Crippen molar-refractivity contribution in [2.75, 3.05) is 5.32 Å². The van der Waals surface area contributed by atoms with Crippen molar-refractivity contribution in [1.29, 1.82) is 0 Å². The largest absolute Gasteiger partial charge is 0.337 e. The van der Waals surface area contributed by atoms with Crippen molar-refractivity contribution in [3.05, 3.63) is 106 Å². The lowest BCUT2D eigenvalue weighted by atomic mass is 10.1. The van der Waals surface area contributed by atoms with E-state index in [0.717, 1.165) is 38.2 Å². The van der Waals surface area contributed by atoms with Gasteiger partial charge in [0.2, 0.25) is 5.91 Å². The number of hydrogen-bond acceptors (Lipinski definition) is 3. The zero-order chi connectivity index (χ0) is 25.2. The summed E-state index contributed by atoms with van der Waals surface area (Å²) in [6, 6.07) is 21.7. The average Bonchev–Trinajstić information content (AvgIpc) is 3.33. The number of aromatic nitrogens is 1. The Morgan fingerprint density at radius 2 is 1.72 bits per heavy atom. The SMILES string of the molecule is Cc1ccc(NC(=O)Cn2cc(/C=C3\NC(=O)N(Cc4ccc(Cl)cc4)C3=O)c3ccccc32)cc1. The number of nitrogens with zero attached hydrogens (tertiary/aromatic N) is 2. The Morgan fingerprint density at radius 1 is 1.00 bits per heavy atom. The van der Waals surface area contributed by atoms with Gasteiger partial charge in [0.05, 0.1) is 6.54 Å². The first-order valence-electron chi connectivity index (χ1n) is 11.4. The molecule has 1 saturated heterocycles. The van der Waals surface area contributed by atoms with Gasteiger partial charge in [0, 0.05) is 33.4 Å². The molecule has 36 heavy (non-hydrogen) atoms. The highest BCUT2D eigenvalue weighted by atomic mass is 35.5. The van der Waals surface area contributed by atoms with Crippen LogP contribution in [0.4, 0.5) is 10.5 Å². The first-order valence-corrected chi connectivity index (χ1v) is 11.8. The summed E-state index contributed by atoms with van der Waals surface area (Å²) in [6.07, 6.45) is 3.46. The van der Waals surface area contributed by atoms with Crippen molar-refractivity contribution in [2.45, 2.75) is 20.0 Å². The molecule has 8 heteroatoms. The molecule has 0 spiro atoms. The first kappa shape index (κ1) is 23.4. The number of anilines is 1. The molecular formula is C28H23ClN4O3. The highest BCUT2D eigenvalue weighted by Crippen LogP contribution is 2.25. The molecule has 1 aliphatic heterocycles. The number of benzene rings is 3. The Balaban J connectivity index is 1.38. The molecule has 4 aromatic rings. The molecule has 5 rings (SSSR count). The molecule has 180 valence electrons. The number of imide groups is 1. The summed E-state index contributed by atoms with van der Waals surface area (Å²) >= 11 is 5.93. The fraction of sp³-hybridized carbons (Fsp3) is 0.107. The minimum Gasteiger partial charge on any atom is -0.337 e. The third-order valence-corrected chi connectivity index (χ3v) is 6.24. The second-order valence-electron chi connectivity index (χ2n) is 8.65. The van der Waals surface area contributed by atoms with Crippen molar-refractivity contribution >= 4 is 52.1 Å². The Kier molecular flexibility index (Phi) is 6.31. The third kappa shape index (κ3) is 4.87. The standard InChI is InChI=1S/C28H23ClN4O3/c1-18-6-12-22(13-7-18)30-26(34)17-32-16-20(23-4-2-3-5-25(23)32)14-24-27(35)33(28(36)31-24)15-19-8-10-21(29)11-9-19/h2-14,16H,15,17H2,1H3,(H,30,34)(H,31,36)/b24-14-. The predicted octanol–water partition coefficient (Wildman–Crippen LogP) is 5.33. The molecule has 0 aliphatic carbocycles. The number of para-hydroxylation sites is 1. The van der Waals surface area contributed by atoms with Crippen molar-refractivity contribution in [3.8, 4) is 0 Å². The van der Waals surface area contributed by atoms with Crippen LogP contribution in [0.5, 0.6) is 0 Å². The Hall–Kier alpha value is -4.36. The van der Waals surface area contributed by atoms with Crippen LogP contribution in [0.3, 0.4) is 0 Å². The van der Waals surface area contributed by atoms with Crippen molar-refractivity contribution in [1.82, 2.24) is 14.8 Å². The first-order chi connectivity index (χ1) is 17.4. The number of carbonyl (C=O) groups is 3. The molecule has 0 bridgehead atoms. The van der Waals surface area contributed by atoms with Crippen LogP contribution >= 0.6 is 11.6 Å². The van der Waals surface area contributed by atoms with E-state index in [1.807, 2.05) is 66.2 Å². The number of rotatable bonds is 6. The van der Waals surface area contributed by atoms with Gasteiger partial charge in [-0.25, -0.2) is 4.79 Å². The van der Waals surface area contributed by atoms with Crippen LogP contribution < -0.4 is 10.6 Å². The van der Waals surface area contributed by atoms with Gasteiger partial charge >= 0.3 is 6.03 Å². The summed E-state index contributed by atoms with van der Waals surface area (Å²) in [5.74, 6) is -0.581. The normalized spacial score (nSPS) is 14.5. The third-order valence-electron chi connectivity index (χ3n) is 5.98. The van der Waals surface area contributed by atoms with Gasteiger partial charge in [-0.15, -0.1) is 0 Å². The maximum atomic E-state index is 13.0. The van der Waals surface area contributed by atoms with E-state index in [-0.39, 0.29) is 24.7 Å². The zero-order valence-corrected chi connectivity index (χ0v) is 20.3.